The molecule has 8 nitrogen and oxygen atoms in total. The second-order valence-electron chi connectivity index (χ2n) is 12.2. The lowest BCUT2D eigenvalue weighted by Crippen LogP contribution is -2.73. The lowest BCUT2D eigenvalue weighted by molar-refractivity contribution is -0.163. The van der Waals surface area contributed by atoms with Crippen LogP contribution in [0.4, 0.5) is 0 Å². The Labute approximate surface area is 243 Å². The van der Waals surface area contributed by atoms with Crippen molar-refractivity contribution in [3.8, 4) is 5.69 Å². The van der Waals surface area contributed by atoms with Gasteiger partial charge in [-0.15, -0.1) is 0 Å². The summed E-state index contributed by atoms with van der Waals surface area (Å²) in [5, 5.41) is 19.7. The number of rotatable bonds is 8. The van der Waals surface area contributed by atoms with Crippen LogP contribution in [0.25, 0.3) is 5.69 Å². The zero-order valence-corrected chi connectivity index (χ0v) is 25.0. The van der Waals surface area contributed by atoms with Crippen molar-refractivity contribution in [2.75, 3.05) is 19.6 Å². The van der Waals surface area contributed by atoms with Crippen LogP contribution in [0, 0.1) is 13.8 Å². The number of carbonyl (C=O) groups excluding carboxylic acids is 2. The summed E-state index contributed by atoms with van der Waals surface area (Å²) in [5.41, 5.74) is 2.59. The fourth-order valence-corrected chi connectivity index (χ4v) is 7.11. The Balaban J connectivity index is 1.29. The third-order valence-electron chi connectivity index (χ3n) is 9.49. The summed E-state index contributed by atoms with van der Waals surface area (Å²) in [4.78, 5) is 31.9. The van der Waals surface area contributed by atoms with Crippen molar-refractivity contribution in [3.63, 3.8) is 0 Å². The number of carbonyl (C=O) groups is 2. The van der Waals surface area contributed by atoms with Gasteiger partial charge >= 0.3 is 0 Å². The Morgan fingerprint density at radius 2 is 1.73 bits per heavy atom. The summed E-state index contributed by atoms with van der Waals surface area (Å²) in [6, 6.07) is 7.05. The maximum Gasteiger partial charge on any atom is 0.246 e. The Hall–Kier alpha value is -2.42. The third kappa shape index (κ3) is 5.68. The summed E-state index contributed by atoms with van der Waals surface area (Å²) in [6.45, 7) is 9.04. The fourth-order valence-electron chi connectivity index (χ4n) is 6.99. The second kappa shape index (κ2) is 11.8. The van der Waals surface area contributed by atoms with Gasteiger partial charge in [0, 0.05) is 48.9 Å². The molecule has 2 aromatic rings. The van der Waals surface area contributed by atoms with Crippen LogP contribution < -0.4 is 5.32 Å². The van der Waals surface area contributed by atoms with Crippen LogP contribution in [0.5, 0.6) is 0 Å². The lowest BCUT2D eigenvalue weighted by Gasteiger charge is -2.52. The summed E-state index contributed by atoms with van der Waals surface area (Å²) < 4.78 is 1.96. The highest BCUT2D eigenvalue weighted by atomic mass is 35.5. The minimum atomic E-state index is -0.859. The van der Waals surface area contributed by atoms with Crippen LogP contribution in [0.3, 0.4) is 0 Å². The number of piperidine rings is 1. The van der Waals surface area contributed by atoms with E-state index < -0.39 is 17.2 Å². The largest absolute Gasteiger partial charge is 0.390 e. The molecule has 0 unspecified atom stereocenters. The summed E-state index contributed by atoms with van der Waals surface area (Å²) in [7, 11) is 0. The molecule has 3 heterocycles. The summed E-state index contributed by atoms with van der Waals surface area (Å²) in [5.74, 6) is -0.0633. The molecular formula is C31H44ClN5O3. The Kier molecular flexibility index (Phi) is 8.60. The number of piperazine rings is 1. The molecule has 3 aliphatic rings. The van der Waals surface area contributed by atoms with E-state index in [4.69, 9.17) is 16.7 Å². The first kappa shape index (κ1) is 29.1. The SMILES string of the molecule is CCCCN1C(=O)[C@@H](CC2(O)CCCCC2)NC(=O)C12CCN(Cc1c(C)nn(-c3ccc(Cl)cc3)c1C)CC2. The molecule has 2 amide bonds. The molecule has 1 aliphatic carbocycles. The van der Waals surface area contributed by atoms with E-state index in [0.717, 1.165) is 68.8 Å². The molecule has 2 N–H and O–H groups in total. The number of likely N-dealkylation sites (tertiary alicyclic amines) is 1. The standard InChI is InChI=1S/C31H44ClN5O3/c1-4-5-17-36-28(38)27(20-30(40)13-7-6-8-14-30)33-29(39)31(36)15-18-35(19-16-31)21-26-22(2)34-37(23(26)3)25-11-9-24(32)10-12-25/h9-12,27,40H,4-8,13-21H2,1-3H3,(H,33,39)/t27-/m1/s1. The molecule has 0 radical (unpaired) electrons. The zero-order valence-electron chi connectivity index (χ0n) is 24.2. The Bertz CT molecular complexity index is 1210. The van der Waals surface area contributed by atoms with Crippen molar-refractivity contribution in [2.45, 2.75) is 109 Å². The highest BCUT2D eigenvalue weighted by molar-refractivity contribution is 6.30. The van der Waals surface area contributed by atoms with Gasteiger partial charge < -0.3 is 15.3 Å². The van der Waals surface area contributed by atoms with Gasteiger partial charge in [-0.2, -0.15) is 5.10 Å². The van der Waals surface area contributed by atoms with E-state index >= 15 is 0 Å². The Morgan fingerprint density at radius 1 is 1.05 bits per heavy atom. The monoisotopic (exact) mass is 569 g/mol. The number of hydrogen-bond acceptors (Lipinski definition) is 5. The fraction of sp³-hybridized carbons (Fsp3) is 0.645. The molecule has 1 saturated carbocycles. The number of hydrogen-bond donors (Lipinski definition) is 2. The highest BCUT2D eigenvalue weighted by Gasteiger charge is 2.54. The van der Waals surface area contributed by atoms with Crippen molar-refractivity contribution in [3.05, 3.63) is 46.2 Å². The number of amides is 2. The number of aryl methyl sites for hydroxylation is 1. The first-order valence-corrected chi connectivity index (χ1v) is 15.4. The van der Waals surface area contributed by atoms with Crippen LogP contribution in [-0.2, 0) is 16.1 Å². The van der Waals surface area contributed by atoms with E-state index in [9.17, 15) is 14.7 Å². The van der Waals surface area contributed by atoms with E-state index in [1.54, 1.807) is 0 Å². The average Bonchev–Trinajstić information content (AvgIpc) is 3.22. The Morgan fingerprint density at radius 3 is 2.38 bits per heavy atom. The maximum atomic E-state index is 13.9. The van der Waals surface area contributed by atoms with Crippen LogP contribution >= 0.6 is 11.6 Å². The van der Waals surface area contributed by atoms with E-state index in [1.165, 1.54) is 5.56 Å². The molecule has 0 bridgehead atoms. The average molecular weight is 570 g/mol. The van der Waals surface area contributed by atoms with Gasteiger partial charge in [0.2, 0.25) is 11.8 Å². The number of nitrogens with one attached hydrogen (secondary N) is 1. The van der Waals surface area contributed by atoms with Crippen molar-refractivity contribution in [1.29, 1.82) is 0 Å². The molecule has 2 saturated heterocycles. The topological polar surface area (TPSA) is 90.7 Å². The van der Waals surface area contributed by atoms with Crippen LogP contribution in [0.2, 0.25) is 5.02 Å². The van der Waals surface area contributed by atoms with Gasteiger partial charge in [-0.25, -0.2) is 4.68 Å². The minimum Gasteiger partial charge on any atom is -0.390 e. The number of nitrogens with zero attached hydrogens (tertiary/aromatic N) is 4. The smallest absolute Gasteiger partial charge is 0.246 e. The van der Waals surface area contributed by atoms with Gasteiger partial charge in [-0.05, 0) is 70.2 Å². The van der Waals surface area contributed by atoms with Gasteiger partial charge in [0.15, 0.2) is 0 Å². The lowest BCUT2D eigenvalue weighted by atomic mass is 9.77. The van der Waals surface area contributed by atoms with Crippen molar-refractivity contribution in [2.24, 2.45) is 0 Å². The first-order valence-electron chi connectivity index (χ1n) is 15.0. The van der Waals surface area contributed by atoms with Crippen molar-refractivity contribution in [1.82, 2.24) is 24.9 Å². The molecule has 3 fully saturated rings. The quantitative estimate of drug-likeness (QED) is 0.481. The van der Waals surface area contributed by atoms with Crippen LogP contribution in [-0.4, -0.2) is 73.3 Å². The predicted molar refractivity (Wildman–Crippen MR) is 156 cm³/mol. The number of halogens is 1. The number of unbranched alkanes of at least 4 members (excludes halogenated alkanes) is 1. The molecular weight excluding hydrogens is 526 g/mol. The molecule has 2 aliphatic heterocycles. The minimum absolute atomic E-state index is 0.0172. The third-order valence-corrected chi connectivity index (χ3v) is 9.74. The molecule has 1 aromatic heterocycles. The van der Waals surface area contributed by atoms with E-state index in [-0.39, 0.29) is 11.8 Å². The molecule has 9 heteroatoms. The van der Waals surface area contributed by atoms with E-state index in [0.29, 0.717) is 43.7 Å². The maximum absolute atomic E-state index is 13.9. The highest BCUT2D eigenvalue weighted by Crippen LogP contribution is 2.38. The number of aliphatic hydroxyl groups is 1. The summed E-state index contributed by atoms with van der Waals surface area (Å²) in [6.07, 6.45) is 7.83. The van der Waals surface area contributed by atoms with E-state index in [2.05, 4.69) is 24.1 Å². The van der Waals surface area contributed by atoms with Crippen molar-refractivity contribution < 1.29 is 14.7 Å². The zero-order chi connectivity index (χ0) is 28.5. The summed E-state index contributed by atoms with van der Waals surface area (Å²) >= 11 is 6.08. The molecule has 5 rings (SSSR count). The van der Waals surface area contributed by atoms with Gasteiger partial charge in [0.25, 0.3) is 0 Å². The van der Waals surface area contributed by atoms with Gasteiger partial charge in [0.05, 0.1) is 17.0 Å². The molecule has 1 atom stereocenters. The van der Waals surface area contributed by atoms with E-state index in [1.807, 2.05) is 40.8 Å². The van der Waals surface area contributed by atoms with Crippen molar-refractivity contribution >= 4 is 23.4 Å². The molecule has 218 valence electrons. The van der Waals surface area contributed by atoms with Gasteiger partial charge in [-0.1, -0.05) is 44.2 Å². The predicted octanol–water partition coefficient (Wildman–Crippen LogP) is 4.69. The normalized spacial score (nSPS) is 23.0. The van der Waals surface area contributed by atoms with Gasteiger partial charge in [-0.3, -0.25) is 14.5 Å². The molecule has 1 spiro atoms. The molecule has 40 heavy (non-hydrogen) atoms. The van der Waals surface area contributed by atoms with Crippen LogP contribution in [0.1, 0.15) is 88.1 Å². The van der Waals surface area contributed by atoms with Crippen LogP contribution in [0.15, 0.2) is 24.3 Å². The number of benzene rings is 1. The number of aromatic nitrogens is 2. The molecule has 1 aromatic carbocycles. The second-order valence-corrected chi connectivity index (χ2v) is 12.6. The van der Waals surface area contributed by atoms with Gasteiger partial charge in [0.1, 0.15) is 11.6 Å². The first-order chi connectivity index (χ1) is 19.2.